The van der Waals surface area contributed by atoms with Crippen LogP contribution in [0.25, 0.3) is 88.0 Å². The number of hydrogen-bond acceptors (Lipinski definition) is 3. The summed E-state index contributed by atoms with van der Waals surface area (Å²) < 4.78 is 12.5. The first kappa shape index (κ1) is 31.2. The largest absolute Gasteiger partial charge is 0.456 e. The minimum atomic E-state index is 0.874. The van der Waals surface area contributed by atoms with Gasteiger partial charge in [0, 0.05) is 38.6 Å². The van der Waals surface area contributed by atoms with E-state index in [1.165, 1.54) is 27.5 Å². The second-order valence-electron chi connectivity index (χ2n) is 14.1. The molecule has 0 unspecified atom stereocenters. The molecular formula is C52H33NO2. The maximum Gasteiger partial charge on any atom is 0.136 e. The number of nitrogens with zero attached hydrogens (tertiary/aromatic N) is 1. The highest BCUT2D eigenvalue weighted by molar-refractivity contribution is 6.12. The van der Waals surface area contributed by atoms with E-state index < -0.39 is 0 Å². The summed E-state index contributed by atoms with van der Waals surface area (Å²) in [7, 11) is 0. The number of hydrogen-bond donors (Lipinski definition) is 0. The molecule has 0 saturated heterocycles. The molecule has 3 nitrogen and oxygen atoms in total. The van der Waals surface area contributed by atoms with E-state index in [0.29, 0.717) is 0 Å². The molecule has 3 heteroatoms. The molecule has 0 amide bonds. The van der Waals surface area contributed by atoms with Gasteiger partial charge in [-0.05, 0) is 105 Å². The van der Waals surface area contributed by atoms with Crippen LogP contribution in [-0.4, -0.2) is 0 Å². The molecule has 55 heavy (non-hydrogen) atoms. The molecule has 2 heterocycles. The van der Waals surface area contributed by atoms with Crippen LogP contribution in [0.1, 0.15) is 0 Å². The molecule has 0 N–H and O–H groups in total. The maximum absolute atomic E-state index is 6.27. The fourth-order valence-corrected chi connectivity index (χ4v) is 8.25. The molecule has 0 saturated carbocycles. The second-order valence-corrected chi connectivity index (χ2v) is 14.1. The Hall–Kier alpha value is -7.36. The van der Waals surface area contributed by atoms with Gasteiger partial charge in [-0.3, -0.25) is 0 Å². The molecule has 11 rings (SSSR count). The molecule has 0 aliphatic rings. The molecule has 2 aromatic heterocycles. The summed E-state index contributed by atoms with van der Waals surface area (Å²) in [6.45, 7) is 0. The second kappa shape index (κ2) is 12.6. The number of para-hydroxylation sites is 2. The predicted octanol–water partition coefficient (Wildman–Crippen LogP) is 15.1. The van der Waals surface area contributed by atoms with Crippen molar-refractivity contribution >= 4 is 71.7 Å². The third-order valence-corrected chi connectivity index (χ3v) is 10.9. The van der Waals surface area contributed by atoms with Crippen LogP contribution in [-0.2, 0) is 0 Å². The van der Waals surface area contributed by atoms with Gasteiger partial charge >= 0.3 is 0 Å². The summed E-state index contributed by atoms with van der Waals surface area (Å²) in [5, 5.41) is 6.96. The van der Waals surface area contributed by atoms with Crippen molar-refractivity contribution in [2.75, 3.05) is 4.90 Å². The van der Waals surface area contributed by atoms with Crippen LogP contribution in [0, 0.1) is 0 Å². The summed E-state index contributed by atoms with van der Waals surface area (Å²) in [6.07, 6.45) is 0. The van der Waals surface area contributed by atoms with Gasteiger partial charge < -0.3 is 13.7 Å². The Labute approximate surface area is 317 Å². The van der Waals surface area contributed by atoms with Crippen LogP contribution in [0.4, 0.5) is 17.1 Å². The molecule has 0 atom stereocenters. The van der Waals surface area contributed by atoms with Crippen molar-refractivity contribution in [1.29, 1.82) is 0 Å². The van der Waals surface area contributed by atoms with Crippen LogP contribution < -0.4 is 4.90 Å². The summed E-state index contributed by atoms with van der Waals surface area (Å²) in [6, 6.07) is 71.1. The van der Waals surface area contributed by atoms with E-state index in [-0.39, 0.29) is 0 Å². The van der Waals surface area contributed by atoms with Crippen molar-refractivity contribution in [3.63, 3.8) is 0 Å². The Bertz CT molecular complexity index is 3200. The number of fused-ring (bicyclic) bond motifs is 7. The van der Waals surface area contributed by atoms with Gasteiger partial charge in [0.2, 0.25) is 0 Å². The molecule has 9 aromatic carbocycles. The lowest BCUT2D eigenvalue weighted by Crippen LogP contribution is -2.10. The monoisotopic (exact) mass is 703 g/mol. The molecule has 258 valence electrons. The number of furan rings is 2. The Balaban J connectivity index is 1.02. The van der Waals surface area contributed by atoms with Gasteiger partial charge in [0.1, 0.15) is 22.3 Å². The highest BCUT2D eigenvalue weighted by Crippen LogP contribution is 2.42. The Morgan fingerprint density at radius 3 is 1.67 bits per heavy atom. The fourth-order valence-electron chi connectivity index (χ4n) is 8.25. The molecule has 11 aromatic rings. The Morgan fingerprint density at radius 1 is 0.291 bits per heavy atom. The van der Waals surface area contributed by atoms with Gasteiger partial charge in [-0.25, -0.2) is 0 Å². The first-order chi connectivity index (χ1) is 27.2. The standard InChI is InChI=1S/C52H33NO2/c1-2-14-42-36(10-1)11-8-17-43(42)37-24-22-34(23-25-37)35-26-28-39(29-27-35)53(41-30-31-50-47(33-41)45-15-3-5-19-48(45)54-50)40-13-7-12-38(32-40)44-18-9-21-51-52(44)46-16-4-6-20-49(46)55-51/h1-33H. The molecular weight excluding hydrogens is 671 g/mol. The topological polar surface area (TPSA) is 29.5 Å². The normalized spacial score (nSPS) is 11.6. The average Bonchev–Trinajstić information content (AvgIpc) is 3.82. The van der Waals surface area contributed by atoms with Crippen molar-refractivity contribution < 1.29 is 8.83 Å². The van der Waals surface area contributed by atoms with Crippen molar-refractivity contribution in [1.82, 2.24) is 0 Å². The van der Waals surface area contributed by atoms with Crippen molar-refractivity contribution in [3.8, 4) is 33.4 Å². The minimum Gasteiger partial charge on any atom is -0.456 e. The van der Waals surface area contributed by atoms with E-state index in [9.17, 15) is 0 Å². The van der Waals surface area contributed by atoms with Gasteiger partial charge in [-0.2, -0.15) is 0 Å². The number of anilines is 3. The zero-order chi connectivity index (χ0) is 36.3. The van der Waals surface area contributed by atoms with Crippen LogP contribution in [0.2, 0.25) is 0 Å². The van der Waals surface area contributed by atoms with Gasteiger partial charge in [0.15, 0.2) is 0 Å². The van der Waals surface area contributed by atoms with Gasteiger partial charge in [0.05, 0.1) is 0 Å². The SMILES string of the molecule is c1cc(-c2cccc3oc4ccccc4c23)cc(N(c2ccc(-c3ccc(-c4cccc5ccccc45)cc3)cc2)c2ccc3oc4ccccc4c3c2)c1. The van der Waals surface area contributed by atoms with Crippen molar-refractivity contribution in [3.05, 3.63) is 200 Å². The van der Waals surface area contributed by atoms with Crippen LogP contribution >= 0.6 is 0 Å². The van der Waals surface area contributed by atoms with Crippen LogP contribution in [0.15, 0.2) is 209 Å². The molecule has 0 fully saturated rings. The van der Waals surface area contributed by atoms with E-state index in [4.69, 9.17) is 8.83 Å². The summed E-state index contributed by atoms with van der Waals surface area (Å²) in [4.78, 5) is 2.34. The van der Waals surface area contributed by atoms with E-state index in [1.54, 1.807) is 0 Å². The predicted molar refractivity (Wildman–Crippen MR) is 229 cm³/mol. The average molecular weight is 704 g/mol. The van der Waals surface area contributed by atoms with E-state index in [0.717, 1.165) is 77.6 Å². The summed E-state index contributed by atoms with van der Waals surface area (Å²) in [5.41, 5.74) is 13.8. The third-order valence-electron chi connectivity index (χ3n) is 10.9. The third kappa shape index (κ3) is 5.28. The van der Waals surface area contributed by atoms with E-state index in [2.05, 4.69) is 181 Å². The molecule has 0 bridgehead atoms. The zero-order valence-corrected chi connectivity index (χ0v) is 29.8. The van der Waals surface area contributed by atoms with Crippen molar-refractivity contribution in [2.45, 2.75) is 0 Å². The lowest BCUT2D eigenvalue weighted by molar-refractivity contribution is 0.668. The fraction of sp³-hybridized carbons (Fsp3) is 0. The first-order valence-corrected chi connectivity index (χ1v) is 18.7. The van der Waals surface area contributed by atoms with Gasteiger partial charge in [-0.1, -0.05) is 140 Å². The van der Waals surface area contributed by atoms with Gasteiger partial charge in [0.25, 0.3) is 0 Å². The Morgan fingerprint density at radius 2 is 0.836 bits per heavy atom. The quantitative estimate of drug-likeness (QED) is 0.173. The van der Waals surface area contributed by atoms with E-state index in [1.807, 2.05) is 24.3 Å². The Kier molecular flexibility index (Phi) is 7.17. The molecule has 0 spiro atoms. The zero-order valence-electron chi connectivity index (χ0n) is 29.8. The van der Waals surface area contributed by atoms with Crippen LogP contribution in [0.5, 0.6) is 0 Å². The minimum absolute atomic E-state index is 0.874. The van der Waals surface area contributed by atoms with E-state index >= 15 is 0 Å². The van der Waals surface area contributed by atoms with Crippen LogP contribution in [0.3, 0.4) is 0 Å². The highest BCUT2D eigenvalue weighted by Gasteiger charge is 2.18. The first-order valence-electron chi connectivity index (χ1n) is 18.7. The summed E-state index contributed by atoms with van der Waals surface area (Å²) >= 11 is 0. The van der Waals surface area contributed by atoms with Crippen molar-refractivity contribution in [2.24, 2.45) is 0 Å². The lowest BCUT2D eigenvalue weighted by atomic mass is 9.96. The molecule has 0 aliphatic heterocycles. The molecule has 0 aliphatic carbocycles. The lowest BCUT2D eigenvalue weighted by Gasteiger charge is -2.26. The number of rotatable bonds is 6. The maximum atomic E-state index is 6.27. The summed E-state index contributed by atoms with van der Waals surface area (Å²) in [5.74, 6) is 0. The van der Waals surface area contributed by atoms with Gasteiger partial charge in [-0.15, -0.1) is 0 Å². The molecule has 0 radical (unpaired) electrons. The number of benzene rings is 9. The smallest absolute Gasteiger partial charge is 0.136 e. The highest BCUT2D eigenvalue weighted by atomic mass is 16.3.